The molecule has 2 unspecified atom stereocenters. The molecule has 160 valence electrons. The Morgan fingerprint density at radius 1 is 1.00 bits per heavy atom. The van der Waals surface area contributed by atoms with Crippen LogP contribution in [0.4, 0.5) is 0 Å². The van der Waals surface area contributed by atoms with Gasteiger partial charge in [0.2, 0.25) is 5.91 Å². The van der Waals surface area contributed by atoms with Crippen LogP contribution in [0.25, 0.3) is 0 Å². The van der Waals surface area contributed by atoms with E-state index in [4.69, 9.17) is 23.2 Å². The van der Waals surface area contributed by atoms with E-state index < -0.39 is 30.9 Å². The summed E-state index contributed by atoms with van der Waals surface area (Å²) < 4.78 is 0. The summed E-state index contributed by atoms with van der Waals surface area (Å²) in [5.74, 6) is -1.81. The zero-order valence-corrected chi connectivity index (χ0v) is 18.3. The summed E-state index contributed by atoms with van der Waals surface area (Å²) in [5.41, 5.74) is 0.982. The summed E-state index contributed by atoms with van der Waals surface area (Å²) in [4.78, 5) is 25.7. The van der Waals surface area contributed by atoms with Gasteiger partial charge in [-0.3, -0.25) is 9.59 Å². The molecule has 2 atom stereocenters. The lowest BCUT2D eigenvalue weighted by Crippen LogP contribution is -2.55. The van der Waals surface area contributed by atoms with E-state index in [9.17, 15) is 19.6 Å². The lowest BCUT2D eigenvalue weighted by atomic mass is 9.75. The molecule has 4 N–H and O–H groups in total. The monoisotopic (exact) mass is 450 g/mol. The van der Waals surface area contributed by atoms with Gasteiger partial charge in [-0.05, 0) is 30.0 Å². The number of carbonyl (C=O) groups excluding carboxylic acids is 2. The van der Waals surface area contributed by atoms with Gasteiger partial charge in [0.15, 0.2) is 0 Å². The third-order valence-electron chi connectivity index (χ3n) is 4.51. The maximum atomic E-state index is 13.0. The maximum absolute atomic E-state index is 13.0. The number of hydrogen-bond acceptors (Lipinski definition) is 4. The van der Waals surface area contributed by atoms with Crippen molar-refractivity contribution in [1.29, 1.82) is 0 Å². The van der Waals surface area contributed by atoms with Crippen molar-refractivity contribution in [3.63, 3.8) is 0 Å². The van der Waals surface area contributed by atoms with E-state index in [1.165, 1.54) is 6.07 Å². The Morgan fingerprint density at radius 2 is 1.67 bits per heavy atom. The molecule has 6 nitrogen and oxygen atoms in total. The predicted molar refractivity (Wildman–Crippen MR) is 119 cm³/mol. The van der Waals surface area contributed by atoms with Crippen molar-refractivity contribution in [2.75, 3.05) is 0 Å². The van der Waals surface area contributed by atoms with Gasteiger partial charge in [-0.25, -0.2) is 0 Å². The zero-order chi connectivity index (χ0) is 22.3. The van der Waals surface area contributed by atoms with Gasteiger partial charge in [0.25, 0.3) is 5.91 Å². The van der Waals surface area contributed by atoms with Gasteiger partial charge >= 0.3 is 7.12 Å². The average molecular weight is 451 g/mol. The first-order valence-corrected chi connectivity index (χ1v) is 10.4. The summed E-state index contributed by atoms with van der Waals surface area (Å²) in [6.45, 7) is 3.82. The highest BCUT2D eigenvalue weighted by Crippen LogP contribution is 2.25. The second kappa shape index (κ2) is 11.4. The molecule has 0 spiro atoms. The Bertz CT molecular complexity index is 865. The van der Waals surface area contributed by atoms with E-state index in [2.05, 4.69) is 10.6 Å². The SMILES string of the molecule is CC(C)CC(NC(=O)C(Cc1ccccc1)NC(=O)c1cccc(Cl)c1Cl)B(O)O. The molecule has 9 heteroatoms. The van der Waals surface area contributed by atoms with Crippen molar-refractivity contribution in [3.8, 4) is 0 Å². The first-order valence-electron chi connectivity index (χ1n) is 9.64. The van der Waals surface area contributed by atoms with E-state index >= 15 is 0 Å². The van der Waals surface area contributed by atoms with E-state index in [1.54, 1.807) is 12.1 Å². The molecular formula is C21H25BCl2N2O4. The predicted octanol–water partition coefficient (Wildman–Crippen LogP) is 2.88. The van der Waals surface area contributed by atoms with Crippen LogP contribution in [-0.4, -0.2) is 41.0 Å². The Balaban J connectivity index is 2.24. The second-order valence-electron chi connectivity index (χ2n) is 7.48. The molecule has 2 amide bonds. The van der Waals surface area contributed by atoms with Gasteiger partial charge in [0.05, 0.1) is 21.5 Å². The van der Waals surface area contributed by atoms with Crippen LogP contribution < -0.4 is 10.6 Å². The highest BCUT2D eigenvalue weighted by Gasteiger charge is 2.30. The quantitative estimate of drug-likeness (QED) is 0.441. The molecule has 0 bridgehead atoms. The van der Waals surface area contributed by atoms with Gasteiger partial charge in [-0.1, -0.05) is 73.4 Å². The Hall–Kier alpha value is -2.06. The van der Waals surface area contributed by atoms with Crippen molar-refractivity contribution in [2.45, 2.75) is 38.7 Å². The Labute approximate surface area is 186 Å². The smallest absolute Gasteiger partial charge is 0.426 e. The molecule has 2 aromatic rings. The van der Waals surface area contributed by atoms with Crippen LogP contribution in [-0.2, 0) is 11.2 Å². The first-order chi connectivity index (χ1) is 14.2. The fourth-order valence-electron chi connectivity index (χ4n) is 3.02. The van der Waals surface area contributed by atoms with E-state index in [1.807, 2.05) is 44.2 Å². The van der Waals surface area contributed by atoms with Crippen LogP contribution in [0.5, 0.6) is 0 Å². The molecule has 0 radical (unpaired) electrons. The molecule has 0 aliphatic heterocycles. The summed E-state index contributed by atoms with van der Waals surface area (Å²) in [5, 5.41) is 24.9. The van der Waals surface area contributed by atoms with Crippen molar-refractivity contribution >= 4 is 42.1 Å². The van der Waals surface area contributed by atoms with Gasteiger partial charge in [-0.15, -0.1) is 0 Å². The number of benzene rings is 2. The lowest BCUT2D eigenvalue weighted by Gasteiger charge is -2.24. The number of rotatable bonds is 9. The van der Waals surface area contributed by atoms with Crippen molar-refractivity contribution in [1.82, 2.24) is 10.6 Å². The highest BCUT2D eigenvalue weighted by atomic mass is 35.5. The van der Waals surface area contributed by atoms with Gasteiger partial charge in [0, 0.05) is 6.42 Å². The number of halogens is 2. The van der Waals surface area contributed by atoms with Crippen LogP contribution >= 0.6 is 23.2 Å². The molecular weight excluding hydrogens is 426 g/mol. The molecule has 0 aliphatic rings. The summed E-state index contributed by atoms with van der Waals surface area (Å²) in [6, 6.07) is 12.9. The van der Waals surface area contributed by atoms with Crippen LogP contribution in [0.2, 0.25) is 10.0 Å². The van der Waals surface area contributed by atoms with E-state index in [-0.39, 0.29) is 27.9 Å². The van der Waals surface area contributed by atoms with Crippen LogP contribution in [0, 0.1) is 5.92 Å². The number of carbonyl (C=O) groups is 2. The van der Waals surface area contributed by atoms with Crippen LogP contribution in [0.3, 0.4) is 0 Å². The van der Waals surface area contributed by atoms with Gasteiger partial charge < -0.3 is 20.7 Å². The van der Waals surface area contributed by atoms with Crippen molar-refractivity contribution in [2.24, 2.45) is 5.92 Å². The summed E-state index contributed by atoms with van der Waals surface area (Å²) in [6.07, 6.45) is 0.585. The molecule has 0 aliphatic carbocycles. The normalized spacial score (nSPS) is 12.9. The minimum atomic E-state index is -1.72. The molecule has 0 saturated heterocycles. The number of hydrogen-bond donors (Lipinski definition) is 4. The number of amides is 2. The summed E-state index contributed by atoms with van der Waals surface area (Å²) in [7, 11) is -1.72. The van der Waals surface area contributed by atoms with Crippen LogP contribution in [0.1, 0.15) is 36.2 Å². The van der Waals surface area contributed by atoms with Crippen LogP contribution in [0.15, 0.2) is 48.5 Å². The molecule has 0 aromatic heterocycles. The fourth-order valence-corrected chi connectivity index (χ4v) is 3.41. The topological polar surface area (TPSA) is 98.7 Å². The number of nitrogens with one attached hydrogen (secondary N) is 2. The molecule has 0 fully saturated rings. The van der Waals surface area contributed by atoms with E-state index in [0.717, 1.165) is 5.56 Å². The molecule has 2 rings (SSSR count). The molecule has 30 heavy (non-hydrogen) atoms. The standard InChI is InChI=1S/C21H25BCl2N2O4/c1-13(2)11-18(22(29)30)26-21(28)17(12-14-7-4-3-5-8-14)25-20(27)15-9-6-10-16(23)19(15)24/h3-10,13,17-18,29-30H,11-12H2,1-2H3,(H,25,27)(H,26,28). The highest BCUT2D eigenvalue weighted by molar-refractivity contribution is 6.44. The van der Waals surface area contributed by atoms with Gasteiger partial charge in [-0.2, -0.15) is 0 Å². The summed E-state index contributed by atoms with van der Waals surface area (Å²) >= 11 is 12.1. The largest absolute Gasteiger partial charge is 0.475 e. The maximum Gasteiger partial charge on any atom is 0.475 e. The van der Waals surface area contributed by atoms with Crippen molar-refractivity contribution < 1.29 is 19.6 Å². The Kier molecular flexibility index (Phi) is 9.18. The van der Waals surface area contributed by atoms with Gasteiger partial charge in [0.1, 0.15) is 6.04 Å². The van der Waals surface area contributed by atoms with Crippen molar-refractivity contribution in [3.05, 3.63) is 69.7 Å². The fraction of sp³-hybridized carbons (Fsp3) is 0.333. The molecule has 2 aromatic carbocycles. The molecule has 0 heterocycles. The second-order valence-corrected chi connectivity index (χ2v) is 8.26. The molecule has 0 saturated carbocycles. The Morgan fingerprint density at radius 3 is 2.27 bits per heavy atom. The lowest BCUT2D eigenvalue weighted by molar-refractivity contribution is -0.123. The average Bonchev–Trinajstić information content (AvgIpc) is 2.69. The first kappa shape index (κ1) is 24.2. The minimum Gasteiger partial charge on any atom is -0.426 e. The van der Waals surface area contributed by atoms with E-state index in [0.29, 0.717) is 6.42 Å². The third kappa shape index (κ3) is 7.02. The minimum absolute atomic E-state index is 0.0963. The third-order valence-corrected chi connectivity index (χ3v) is 5.33. The zero-order valence-electron chi connectivity index (χ0n) is 16.8.